The number of hydrogen-bond donors (Lipinski definition) is 1. The van der Waals surface area contributed by atoms with Crippen LogP contribution in [0.3, 0.4) is 0 Å². The zero-order valence-corrected chi connectivity index (χ0v) is 9.84. The first-order valence-electron chi connectivity index (χ1n) is 6.21. The van der Waals surface area contributed by atoms with Gasteiger partial charge in [0.05, 0.1) is 5.69 Å². The van der Waals surface area contributed by atoms with Crippen molar-refractivity contribution in [1.29, 1.82) is 0 Å². The van der Waals surface area contributed by atoms with Crippen LogP contribution >= 0.6 is 0 Å². The SMILES string of the molecule is c1cc(CC2CCNC2)cc(-n2cccn2)c1. The van der Waals surface area contributed by atoms with Gasteiger partial charge in [0, 0.05) is 12.4 Å². The lowest BCUT2D eigenvalue weighted by Gasteiger charge is -2.09. The molecule has 3 rings (SSSR count). The van der Waals surface area contributed by atoms with Crippen molar-refractivity contribution >= 4 is 0 Å². The van der Waals surface area contributed by atoms with E-state index >= 15 is 0 Å². The molecule has 0 saturated carbocycles. The topological polar surface area (TPSA) is 29.9 Å². The van der Waals surface area contributed by atoms with Crippen molar-refractivity contribution in [2.75, 3.05) is 13.1 Å². The third-order valence-corrected chi connectivity index (χ3v) is 3.37. The van der Waals surface area contributed by atoms with Crippen LogP contribution in [-0.2, 0) is 6.42 Å². The highest BCUT2D eigenvalue weighted by molar-refractivity contribution is 5.35. The number of nitrogens with zero attached hydrogens (tertiary/aromatic N) is 2. The summed E-state index contributed by atoms with van der Waals surface area (Å²) in [6.07, 6.45) is 6.26. The van der Waals surface area contributed by atoms with E-state index in [2.05, 4.69) is 34.7 Å². The second-order valence-corrected chi connectivity index (χ2v) is 4.68. The molecule has 0 bridgehead atoms. The maximum atomic E-state index is 4.26. The van der Waals surface area contributed by atoms with Crippen LogP contribution in [0.5, 0.6) is 0 Å². The van der Waals surface area contributed by atoms with Crippen molar-refractivity contribution in [3.05, 3.63) is 48.3 Å². The van der Waals surface area contributed by atoms with Gasteiger partial charge in [-0.15, -0.1) is 0 Å². The quantitative estimate of drug-likeness (QED) is 0.869. The number of benzene rings is 1. The van der Waals surface area contributed by atoms with Gasteiger partial charge < -0.3 is 5.32 Å². The van der Waals surface area contributed by atoms with Crippen LogP contribution in [-0.4, -0.2) is 22.9 Å². The van der Waals surface area contributed by atoms with Crippen LogP contribution in [0.25, 0.3) is 5.69 Å². The lowest BCUT2D eigenvalue weighted by Crippen LogP contribution is -2.10. The van der Waals surface area contributed by atoms with E-state index in [-0.39, 0.29) is 0 Å². The Labute approximate surface area is 101 Å². The normalized spacial score (nSPS) is 19.6. The van der Waals surface area contributed by atoms with Crippen LogP contribution in [0, 0.1) is 5.92 Å². The Bertz CT molecular complexity index is 470. The minimum atomic E-state index is 0.794. The molecule has 1 aliphatic heterocycles. The summed E-state index contributed by atoms with van der Waals surface area (Å²) in [5.41, 5.74) is 2.56. The monoisotopic (exact) mass is 227 g/mol. The molecule has 1 saturated heterocycles. The van der Waals surface area contributed by atoms with E-state index in [4.69, 9.17) is 0 Å². The van der Waals surface area contributed by atoms with Crippen LogP contribution < -0.4 is 5.32 Å². The highest BCUT2D eigenvalue weighted by Gasteiger charge is 2.14. The van der Waals surface area contributed by atoms with Gasteiger partial charge in [-0.3, -0.25) is 0 Å². The molecule has 1 N–H and O–H groups in total. The number of nitrogens with one attached hydrogen (secondary N) is 1. The molecule has 3 heteroatoms. The van der Waals surface area contributed by atoms with E-state index in [1.165, 1.54) is 24.9 Å². The average molecular weight is 227 g/mol. The summed E-state index contributed by atoms with van der Waals surface area (Å²) >= 11 is 0. The molecule has 2 heterocycles. The van der Waals surface area contributed by atoms with Crippen LogP contribution in [0.1, 0.15) is 12.0 Å². The first kappa shape index (κ1) is 10.5. The van der Waals surface area contributed by atoms with Gasteiger partial charge in [-0.05, 0) is 55.6 Å². The summed E-state index contributed by atoms with van der Waals surface area (Å²) in [4.78, 5) is 0. The minimum Gasteiger partial charge on any atom is -0.316 e. The second kappa shape index (κ2) is 4.72. The molecule has 0 aliphatic carbocycles. The average Bonchev–Trinajstić information content (AvgIpc) is 3.01. The number of hydrogen-bond acceptors (Lipinski definition) is 2. The first-order valence-corrected chi connectivity index (χ1v) is 6.21. The third-order valence-electron chi connectivity index (χ3n) is 3.37. The summed E-state index contributed by atoms with van der Waals surface area (Å²) in [5, 5.41) is 7.68. The molecule has 1 atom stereocenters. The highest BCUT2D eigenvalue weighted by atomic mass is 15.3. The maximum absolute atomic E-state index is 4.26. The van der Waals surface area contributed by atoms with Gasteiger partial charge in [-0.25, -0.2) is 4.68 Å². The lowest BCUT2D eigenvalue weighted by atomic mass is 9.98. The fourth-order valence-electron chi connectivity index (χ4n) is 2.47. The molecule has 1 fully saturated rings. The van der Waals surface area contributed by atoms with Gasteiger partial charge >= 0.3 is 0 Å². The molecular weight excluding hydrogens is 210 g/mol. The van der Waals surface area contributed by atoms with Gasteiger partial charge in [0.1, 0.15) is 0 Å². The first-order chi connectivity index (χ1) is 8.42. The fourth-order valence-corrected chi connectivity index (χ4v) is 2.47. The lowest BCUT2D eigenvalue weighted by molar-refractivity contribution is 0.580. The van der Waals surface area contributed by atoms with E-state index in [0.29, 0.717) is 0 Å². The maximum Gasteiger partial charge on any atom is 0.0648 e. The highest BCUT2D eigenvalue weighted by Crippen LogP contribution is 2.17. The van der Waals surface area contributed by atoms with E-state index < -0.39 is 0 Å². The predicted octanol–water partition coefficient (Wildman–Crippen LogP) is 2.02. The van der Waals surface area contributed by atoms with Crippen LogP contribution in [0.4, 0.5) is 0 Å². The minimum absolute atomic E-state index is 0.794. The Hall–Kier alpha value is -1.61. The second-order valence-electron chi connectivity index (χ2n) is 4.68. The molecule has 2 aromatic rings. The molecule has 88 valence electrons. The van der Waals surface area contributed by atoms with E-state index in [1.807, 2.05) is 23.1 Å². The molecule has 1 aromatic carbocycles. The van der Waals surface area contributed by atoms with Crippen LogP contribution in [0.15, 0.2) is 42.7 Å². The van der Waals surface area contributed by atoms with Crippen molar-refractivity contribution in [3.63, 3.8) is 0 Å². The molecule has 0 amide bonds. The summed E-state index contributed by atoms with van der Waals surface area (Å²) in [6, 6.07) is 10.6. The molecule has 1 unspecified atom stereocenters. The summed E-state index contributed by atoms with van der Waals surface area (Å²) < 4.78 is 1.91. The van der Waals surface area contributed by atoms with Crippen LogP contribution in [0.2, 0.25) is 0 Å². The van der Waals surface area contributed by atoms with E-state index in [0.717, 1.165) is 18.2 Å². The molecular formula is C14H17N3. The Morgan fingerprint density at radius 2 is 2.35 bits per heavy atom. The summed E-state index contributed by atoms with van der Waals surface area (Å²) in [7, 11) is 0. The van der Waals surface area contributed by atoms with Crippen molar-refractivity contribution in [2.24, 2.45) is 5.92 Å². The molecule has 3 nitrogen and oxygen atoms in total. The number of aromatic nitrogens is 2. The predicted molar refractivity (Wildman–Crippen MR) is 68.2 cm³/mol. The van der Waals surface area contributed by atoms with Gasteiger partial charge in [0.25, 0.3) is 0 Å². The molecule has 1 aliphatic rings. The van der Waals surface area contributed by atoms with Gasteiger partial charge in [-0.1, -0.05) is 12.1 Å². The van der Waals surface area contributed by atoms with Crippen molar-refractivity contribution in [3.8, 4) is 5.69 Å². The zero-order valence-electron chi connectivity index (χ0n) is 9.84. The van der Waals surface area contributed by atoms with Crippen molar-refractivity contribution in [2.45, 2.75) is 12.8 Å². The molecule has 1 aromatic heterocycles. The standard InChI is InChI=1S/C14H17N3/c1-3-12(9-13-5-7-15-11-13)10-14(4-1)17-8-2-6-16-17/h1-4,6,8,10,13,15H,5,7,9,11H2. The molecule has 17 heavy (non-hydrogen) atoms. The van der Waals surface area contributed by atoms with E-state index in [9.17, 15) is 0 Å². The Balaban J connectivity index is 1.79. The molecule has 0 spiro atoms. The Morgan fingerprint density at radius 3 is 3.12 bits per heavy atom. The van der Waals surface area contributed by atoms with Gasteiger partial charge in [0.2, 0.25) is 0 Å². The Kier molecular flexibility index (Phi) is 2.92. The number of rotatable bonds is 3. The van der Waals surface area contributed by atoms with Gasteiger partial charge in [0.15, 0.2) is 0 Å². The molecule has 0 radical (unpaired) electrons. The largest absolute Gasteiger partial charge is 0.316 e. The zero-order chi connectivity index (χ0) is 11.5. The van der Waals surface area contributed by atoms with E-state index in [1.54, 1.807) is 0 Å². The fraction of sp³-hybridized carbons (Fsp3) is 0.357. The smallest absolute Gasteiger partial charge is 0.0648 e. The van der Waals surface area contributed by atoms with Gasteiger partial charge in [-0.2, -0.15) is 5.10 Å². The summed E-state index contributed by atoms with van der Waals surface area (Å²) in [5.74, 6) is 0.794. The Morgan fingerprint density at radius 1 is 1.35 bits per heavy atom. The third kappa shape index (κ3) is 2.39. The summed E-state index contributed by atoms with van der Waals surface area (Å²) in [6.45, 7) is 2.33. The van der Waals surface area contributed by atoms with Crippen molar-refractivity contribution in [1.82, 2.24) is 15.1 Å². The van der Waals surface area contributed by atoms with Crippen molar-refractivity contribution < 1.29 is 0 Å².